The molecule has 0 bridgehead atoms. The van der Waals surface area contributed by atoms with Crippen molar-refractivity contribution in [3.63, 3.8) is 0 Å². The summed E-state index contributed by atoms with van der Waals surface area (Å²) in [7, 11) is 2.15. The van der Waals surface area contributed by atoms with Gasteiger partial charge in [0.05, 0.1) is 11.5 Å². The summed E-state index contributed by atoms with van der Waals surface area (Å²) in [5, 5.41) is 7.37. The van der Waals surface area contributed by atoms with Gasteiger partial charge in [0.2, 0.25) is 0 Å². The van der Waals surface area contributed by atoms with Crippen molar-refractivity contribution in [2.45, 2.75) is 18.2 Å². The molecule has 0 fully saturated rings. The first-order chi connectivity index (χ1) is 8.81. The molecular formula is C13H21N3OS. The van der Waals surface area contributed by atoms with Crippen molar-refractivity contribution in [1.82, 2.24) is 15.1 Å². The zero-order chi connectivity index (χ0) is 12.8. The van der Waals surface area contributed by atoms with Gasteiger partial charge in [0, 0.05) is 31.6 Å². The molecule has 100 valence electrons. The van der Waals surface area contributed by atoms with Gasteiger partial charge in [-0.05, 0) is 26.0 Å². The van der Waals surface area contributed by atoms with E-state index in [1.165, 1.54) is 10.5 Å². The van der Waals surface area contributed by atoms with E-state index < -0.39 is 0 Å². The molecular weight excluding hydrogens is 246 g/mol. The lowest BCUT2D eigenvalue weighted by Gasteiger charge is -2.22. The fourth-order valence-corrected chi connectivity index (χ4v) is 2.91. The van der Waals surface area contributed by atoms with Crippen molar-refractivity contribution in [3.05, 3.63) is 18.0 Å². The molecule has 5 heteroatoms. The smallest absolute Gasteiger partial charge is 0.103 e. The van der Waals surface area contributed by atoms with Gasteiger partial charge in [0.1, 0.15) is 5.69 Å². The lowest BCUT2D eigenvalue weighted by atomic mass is 10.1. The highest BCUT2D eigenvalue weighted by molar-refractivity contribution is 7.99. The first-order valence-corrected chi connectivity index (χ1v) is 7.42. The van der Waals surface area contributed by atoms with E-state index in [4.69, 9.17) is 4.74 Å². The number of nitrogens with zero attached hydrogens (tertiary/aromatic N) is 2. The monoisotopic (exact) mass is 267 g/mol. The van der Waals surface area contributed by atoms with E-state index in [-0.39, 0.29) is 0 Å². The molecule has 1 N–H and O–H groups in total. The van der Waals surface area contributed by atoms with Crippen LogP contribution in [0.15, 0.2) is 17.2 Å². The summed E-state index contributed by atoms with van der Waals surface area (Å²) in [4.78, 5) is 3.56. The van der Waals surface area contributed by atoms with Gasteiger partial charge in [-0.25, -0.2) is 0 Å². The summed E-state index contributed by atoms with van der Waals surface area (Å²) in [6.07, 6.45) is 5.41. The van der Waals surface area contributed by atoms with Crippen LogP contribution in [0.4, 0.5) is 0 Å². The molecule has 0 spiro atoms. The minimum atomic E-state index is 0.786. The second-order valence-electron chi connectivity index (χ2n) is 4.40. The van der Waals surface area contributed by atoms with Crippen molar-refractivity contribution in [1.29, 1.82) is 0 Å². The van der Waals surface area contributed by atoms with Crippen LogP contribution in [0.5, 0.6) is 0 Å². The largest absolute Gasteiger partial charge is 0.381 e. The first-order valence-electron chi connectivity index (χ1n) is 6.43. The van der Waals surface area contributed by atoms with Crippen LogP contribution in [0.25, 0.3) is 5.57 Å². The van der Waals surface area contributed by atoms with Gasteiger partial charge >= 0.3 is 0 Å². The summed E-state index contributed by atoms with van der Waals surface area (Å²) in [5.74, 6) is 0.976. The normalized spacial score (nSPS) is 16.9. The standard InChI is InChI=1S/C13H21N3OS/c1-3-17-7-8-18-12-9-14-15-13(12)11-5-4-6-16(2)10-11/h5,9H,3-4,6-8,10H2,1-2H3,(H,14,15). The second kappa shape index (κ2) is 6.97. The Morgan fingerprint density at radius 1 is 1.56 bits per heavy atom. The molecule has 1 aromatic heterocycles. The van der Waals surface area contributed by atoms with Gasteiger partial charge in [-0.3, -0.25) is 5.10 Å². The van der Waals surface area contributed by atoms with E-state index in [1.54, 1.807) is 0 Å². The molecule has 2 heterocycles. The molecule has 0 radical (unpaired) electrons. The Balaban J connectivity index is 1.96. The molecule has 0 saturated heterocycles. The zero-order valence-corrected chi connectivity index (χ0v) is 11.9. The molecule has 0 atom stereocenters. The van der Waals surface area contributed by atoms with Gasteiger partial charge in [-0.15, -0.1) is 11.8 Å². The van der Waals surface area contributed by atoms with Gasteiger partial charge in [0.15, 0.2) is 0 Å². The van der Waals surface area contributed by atoms with Crippen LogP contribution in [-0.2, 0) is 4.74 Å². The number of rotatable bonds is 6. The average Bonchev–Trinajstić information content (AvgIpc) is 2.83. The number of nitrogens with one attached hydrogen (secondary N) is 1. The number of aromatic nitrogens is 2. The fourth-order valence-electron chi connectivity index (χ4n) is 2.04. The number of hydrogen-bond acceptors (Lipinski definition) is 4. The van der Waals surface area contributed by atoms with E-state index in [0.717, 1.165) is 44.2 Å². The first kappa shape index (κ1) is 13.6. The van der Waals surface area contributed by atoms with Crippen LogP contribution in [0.2, 0.25) is 0 Å². The minimum Gasteiger partial charge on any atom is -0.381 e. The molecule has 4 nitrogen and oxygen atoms in total. The molecule has 0 saturated carbocycles. The molecule has 18 heavy (non-hydrogen) atoms. The van der Waals surface area contributed by atoms with Crippen LogP contribution in [0.1, 0.15) is 19.0 Å². The van der Waals surface area contributed by atoms with Crippen LogP contribution in [0, 0.1) is 0 Å². The number of H-pyrrole nitrogens is 1. The Morgan fingerprint density at radius 3 is 3.22 bits per heavy atom. The highest BCUT2D eigenvalue weighted by atomic mass is 32.2. The van der Waals surface area contributed by atoms with Gasteiger partial charge in [0.25, 0.3) is 0 Å². The summed E-state index contributed by atoms with van der Waals surface area (Å²) < 4.78 is 5.36. The Bertz CT molecular complexity index is 403. The number of ether oxygens (including phenoxy) is 1. The Kier molecular flexibility index (Phi) is 5.28. The van der Waals surface area contributed by atoms with Gasteiger partial charge < -0.3 is 9.64 Å². The van der Waals surface area contributed by atoms with E-state index in [1.807, 2.05) is 24.9 Å². The molecule has 0 aliphatic carbocycles. The molecule has 1 aliphatic heterocycles. The maximum absolute atomic E-state index is 5.36. The van der Waals surface area contributed by atoms with Crippen LogP contribution >= 0.6 is 11.8 Å². The fraction of sp³-hybridized carbons (Fsp3) is 0.615. The third-order valence-corrected chi connectivity index (χ3v) is 3.93. The Hall–Kier alpha value is -0.780. The van der Waals surface area contributed by atoms with E-state index in [9.17, 15) is 0 Å². The van der Waals surface area contributed by atoms with E-state index >= 15 is 0 Å². The highest BCUT2D eigenvalue weighted by Crippen LogP contribution is 2.28. The molecule has 0 unspecified atom stereocenters. The van der Waals surface area contributed by atoms with Crippen LogP contribution < -0.4 is 0 Å². The summed E-state index contributed by atoms with van der Waals surface area (Å²) in [6.45, 7) is 5.74. The minimum absolute atomic E-state index is 0.786. The summed E-state index contributed by atoms with van der Waals surface area (Å²) in [6, 6.07) is 0. The number of likely N-dealkylation sites (N-methyl/N-ethyl adjacent to an activating group) is 1. The lowest BCUT2D eigenvalue weighted by Crippen LogP contribution is -2.25. The van der Waals surface area contributed by atoms with Crippen molar-refractivity contribution in [2.24, 2.45) is 0 Å². The predicted molar refractivity (Wildman–Crippen MR) is 75.9 cm³/mol. The van der Waals surface area contributed by atoms with E-state index in [2.05, 4.69) is 28.2 Å². The van der Waals surface area contributed by atoms with E-state index in [0.29, 0.717) is 0 Å². The van der Waals surface area contributed by atoms with Gasteiger partial charge in [-0.1, -0.05) is 6.08 Å². The van der Waals surface area contributed by atoms with Crippen molar-refractivity contribution >= 4 is 17.3 Å². The number of hydrogen-bond donors (Lipinski definition) is 1. The van der Waals surface area contributed by atoms with Crippen LogP contribution in [0.3, 0.4) is 0 Å². The maximum atomic E-state index is 5.36. The summed E-state index contributed by atoms with van der Waals surface area (Å²) >= 11 is 1.81. The zero-order valence-electron chi connectivity index (χ0n) is 11.1. The maximum Gasteiger partial charge on any atom is 0.103 e. The molecule has 1 aliphatic rings. The second-order valence-corrected chi connectivity index (χ2v) is 5.54. The van der Waals surface area contributed by atoms with Crippen molar-refractivity contribution < 1.29 is 4.74 Å². The lowest BCUT2D eigenvalue weighted by molar-refractivity contribution is 0.164. The third kappa shape index (κ3) is 3.60. The topological polar surface area (TPSA) is 41.1 Å². The third-order valence-electron chi connectivity index (χ3n) is 2.94. The Labute approximate surface area is 113 Å². The SMILES string of the molecule is CCOCCSc1c[nH]nc1C1=CCCN(C)C1. The van der Waals surface area contributed by atoms with Crippen LogP contribution in [-0.4, -0.2) is 54.2 Å². The summed E-state index contributed by atoms with van der Waals surface area (Å²) in [5.41, 5.74) is 2.45. The molecule has 1 aromatic rings. The molecule has 0 amide bonds. The molecule has 2 rings (SSSR count). The number of thioether (sulfide) groups is 1. The molecule has 0 aromatic carbocycles. The average molecular weight is 267 g/mol. The number of aromatic amines is 1. The quantitative estimate of drug-likeness (QED) is 0.634. The Morgan fingerprint density at radius 2 is 2.44 bits per heavy atom. The predicted octanol–water partition coefficient (Wildman–Crippen LogP) is 2.26. The van der Waals surface area contributed by atoms with Crippen molar-refractivity contribution in [3.8, 4) is 0 Å². The van der Waals surface area contributed by atoms with Crippen molar-refractivity contribution in [2.75, 3.05) is 39.1 Å². The van der Waals surface area contributed by atoms with Gasteiger partial charge in [-0.2, -0.15) is 5.10 Å². The highest BCUT2D eigenvalue weighted by Gasteiger charge is 2.16.